The van der Waals surface area contributed by atoms with Crippen molar-refractivity contribution in [2.45, 2.75) is 26.2 Å². The van der Waals surface area contributed by atoms with Gasteiger partial charge >= 0.3 is 0 Å². The van der Waals surface area contributed by atoms with Crippen LogP contribution in [0, 0.1) is 0 Å². The van der Waals surface area contributed by atoms with Crippen LogP contribution in [0.2, 0.25) is 0 Å². The first-order valence-corrected chi connectivity index (χ1v) is 4.89. The molecule has 11 heavy (non-hydrogen) atoms. The third-order valence-corrected chi connectivity index (χ3v) is 1.25. The van der Waals surface area contributed by atoms with E-state index in [1.165, 1.54) is 19.3 Å². The summed E-state index contributed by atoms with van der Waals surface area (Å²) in [5.41, 5.74) is 5.21. The second-order valence-electron chi connectivity index (χ2n) is 1.96. The van der Waals surface area contributed by atoms with E-state index in [9.17, 15) is 8.42 Å². The van der Waals surface area contributed by atoms with E-state index in [4.69, 9.17) is 5.73 Å². The molecule has 0 aliphatic rings. The zero-order valence-electron chi connectivity index (χ0n) is 6.95. The Labute approximate surface area is 70.2 Å². The molecule has 2 N–H and O–H groups in total. The molecular formula is C7H17NO2S. The minimum Gasteiger partial charge on any atom is -0.330 e. The van der Waals surface area contributed by atoms with Gasteiger partial charge in [0.1, 0.15) is 0 Å². The van der Waals surface area contributed by atoms with Crippen molar-refractivity contribution in [1.29, 1.82) is 0 Å². The fourth-order valence-corrected chi connectivity index (χ4v) is 0.394. The molecule has 0 spiro atoms. The van der Waals surface area contributed by atoms with Gasteiger partial charge in [-0.05, 0) is 13.0 Å². The van der Waals surface area contributed by atoms with Gasteiger partial charge < -0.3 is 5.73 Å². The van der Waals surface area contributed by atoms with E-state index in [2.05, 4.69) is 13.5 Å². The van der Waals surface area contributed by atoms with E-state index in [1.54, 1.807) is 0 Å². The van der Waals surface area contributed by atoms with E-state index in [-0.39, 0.29) is 0 Å². The maximum Gasteiger partial charge on any atom is 0.160 e. The van der Waals surface area contributed by atoms with Crippen LogP contribution in [0.25, 0.3) is 0 Å². The molecule has 0 radical (unpaired) electrons. The van der Waals surface area contributed by atoms with Crippen LogP contribution in [0.15, 0.2) is 12.0 Å². The van der Waals surface area contributed by atoms with Crippen LogP contribution in [0.5, 0.6) is 0 Å². The maximum atomic E-state index is 9.29. The highest BCUT2D eigenvalue weighted by Crippen LogP contribution is 1.88. The Bertz CT molecular complexity index is 131. The molecule has 0 amide bonds. The lowest BCUT2D eigenvalue weighted by Crippen LogP contribution is -1.96. The summed E-state index contributed by atoms with van der Waals surface area (Å²) >= 11 is 0. The molecule has 0 aliphatic heterocycles. The summed E-state index contributed by atoms with van der Waals surface area (Å²) in [5, 5.41) is 0.870. The number of unbranched alkanes of at least 4 members (excludes halogenated alkanes) is 2. The molecule has 0 aromatic rings. The third kappa shape index (κ3) is 26.1. The quantitative estimate of drug-likeness (QED) is 0.497. The fourth-order valence-electron chi connectivity index (χ4n) is 0.394. The zero-order chi connectivity index (χ0) is 9.11. The van der Waals surface area contributed by atoms with Crippen LogP contribution in [-0.2, 0) is 10.7 Å². The second kappa shape index (κ2) is 12.3. The second-order valence-corrected chi connectivity index (χ2v) is 2.90. The lowest BCUT2D eigenvalue weighted by molar-refractivity contribution is 0.622. The molecule has 0 atom stereocenters. The van der Waals surface area contributed by atoms with E-state index in [0.29, 0.717) is 0 Å². The summed E-state index contributed by atoms with van der Waals surface area (Å²) in [4.78, 5) is 0. The van der Waals surface area contributed by atoms with Crippen LogP contribution in [0.4, 0.5) is 0 Å². The van der Waals surface area contributed by atoms with Crippen molar-refractivity contribution < 1.29 is 8.42 Å². The molecule has 0 rings (SSSR count). The first kappa shape index (κ1) is 13.3. The third-order valence-electron chi connectivity index (χ3n) is 0.957. The summed E-state index contributed by atoms with van der Waals surface area (Å²) in [6.07, 6.45) is 3.75. The van der Waals surface area contributed by atoms with Crippen molar-refractivity contribution in [3.05, 3.63) is 12.0 Å². The van der Waals surface area contributed by atoms with Crippen LogP contribution in [0.3, 0.4) is 0 Å². The van der Waals surface area contributed by atoms with Crippen molar-refractivity contribution in [3.63, 3.8) is 0 Å². The average Bonchev–Trinajstić information content (AvgIpc) is 2.02. The summed E-state index contributed by atoms with van der Waals surface area (Å²) in [7, 11) is -2.33. The lowest BCUT2D eigenvalue weighted by atomic mass is 10.3. The van der Waals surface area contributed by atoms with Gasteiger partial charge in [0, 0.05) is 5.41 Å². The predicted molar refractivity (Wildman–Crippen MR) is 49.1 cm³/mol. The Morgan fingerprint density at radius 2 is 1.91 bits per heavy atom. The number of hydrogen-bond donors (Lipinski definition) is 2. The topological polar surface area (TPSA) is 60.2 Å². The van der Waals surface area contributed by atoms with E-state index in [1.807, 2.05) is 0 Å². The van der Waals surface area contributed by atoms with Gasteiger partial charge in [0.05, 0.1) is 0 Å². The van der Waals surface area contributed by atoms with Gasteiger partial charge in [0.25, 0.3) is 0 Å². The van der Waals surface area contributed by atoms with E-state index in [0.717, 1.165) is 12.0 Å². The molecule has 0 aliphatic carbocycles. The number of hydrogen-bond acceptors (Lipinski definition) is 3. The van der Waals surface area contributed by atoms with Gasteiger partial charge in [-0.15, -0.1) is 0 Å². The molecule has 0 heterocycles. The van der Waals surface area contributed by atoms with Crippen LogP contribution >= 0.6 is 0 Å². The normalized spacial score (nSPS) is 8.64. The lowest BCUT2D eigenvalue weighted by Gasteiger charge is -1.86. The zero-order valence-corrected chi connectivity index (χ0v) is 7.85. The van der Waals surface area contributed by atoms with Gasteiger partial charge in [-0.25, -0.2) is 8.42 Å². The van der Waals surface area contributed by atoms with Gasteiger partial charge in [0.15, 0.2) is 10.7 Å². The number of thiol groups is 1. The Hall–Kier alpha value is -0.350. The van der Waals surface area contributed by atoms with Crippen LogP contribution in [0.1, 0.15) is 26.2 Å². The molecule has 3 nitrogen and oxygen atoms in total. The highest BCUT2D eigenvalue weighted by Gasteiger charge is 1.75. The van der Waals surface area contributed by atoms with Crippen molar-refractivity contribution in [2.75, 3.05) is 6.54 Å². The average molecular weight is 179 g/mol. The predicted octanol–water partition coefficient (Wildman–Crippen LogP) is 0.877. The minimum absolute atomic E-state index is 0.855. The molecule has 0 aromatic carbocycles. The summed E-state index contributed by atoms with van der Waals surface area (Å²) in [6, 6.07) is 0. The molecule has 4 heteroatoms. The summed E-state index contributed by atoms with van der Waals surface area (Å²) in [6.45, 7) is 6.00. The Balaban J connectivity index is 0. The van der Waals surface area contributed by atoms with Crippen molar-refractivity contribution in [3.8, 4) is 0 Å². The molecule has 0 unspecified atom stereocenters. The standard InChI is InChI=1S/C5H13N.C2H4O2S/c1-2-3-4-5-6;1-2-5(3)4/h2-6H2,1H3;2,5H,1H2. The first-order chi connectivity index (χ1) is 5.18. The first-order valence-electron chi connectivity index (χ1n) is 3.65. The molecule has 0 saturated heterocycles. The Morgan fingerprint density at radius 3 is 2.00 bits per heavy atom. The van der Waals surface area contributed by atoms with Crippen molar-refractivity contribution in [2.24, 2.45) is 5.73 Å². The highest BCUT2D eigenvalue weighted by atomic mass is 32.2. The summed E-state index contributed by atoms with van der Waals surface area (Å²) < 4.78 is 18.6. The Kier molecular flexibility index (Phi) is 14.9. The molecule has 0 saturated carbocycles. The van der Waals surface area contributed by atoms with Crippen molar-refractivity contribution in [1.82, 2.24) is 0 Å². The van der Waals surface area contributed by atoms with Crippen LogP contribution in [-0.4, -0.2) is 15.0 Å². The van der Waals surface area contributed by atoms with E-state index < -0.39 is 10.7 Å². The number of nitrogens with two attached hydrogens (primary N) is 1. The van der Waals surface area contributed by atoms with Gasteiger partial charge in [-0.2, -0.15) is 0 Å². The van der Waals surface area contributed by atoms with Gasteiger partial charge in [-0.1, -0.05) is 26.3 Å². The highest BCUT2D eigenvalue weighted by molar-refractivity contribution is 7.75. The van der Waals surface area contributed by atoms with Crippen LogP contribution < -0.4 is 5.73 Å². The van der Waals surface area contributed by atoms with Crippen molar-refractivity contribution >= 4 is 10.7 Å². The van der Waals surface area contributed by atoms with E-state index >= 15 is 0 Å². The van der Waals surface area contributed by atoms with Gasteiger partial charge in [-0.3, -0.25) is 0 Å². The smallest absolute Gasteiger partial charge is 0.160 e. The molecule has 0 bridgehead atoms. The van der Waals surface area contributed by atoms with Gasteiger partial charge in [0.2, 0.25) is 0 Å². The maximum absolute atomic E-state index is 9.29. The minimum atomic E-state index is -2.33. The summed E-state index contributed by atoms with van der Waals surface area (Å²) in [5.74, 6) is 0. The number of rotatable bonds is 4. The Morgan fingerprint density at radius 1 is 1.45 bits per heavy atom. The monoisotopic (exact) mass is 179 g/mol. The molecule has 0 fully saturated rings. The molecule has 68 valence electrons. The molecule has 0 aromatic heterocycles. The largest absolute Gasteiger partial charge is 0.330 e. The SMILES string of the molecule is C=C[SH](=O)=O.CCCCCN. The fraction of sp³-hybridized carbons (Fsp3) is 0.714. The molecular weight excluding hydrogens is 162 g/mol.